The zero-order valence-electron chi connectivity index (χ0n) is 10.4. The maximum Gasteiger partial charge on any atom is 0.431 e. The number of halogens is 3. The highest BCUT2D eigenvalue weighted by atomic mass is 19.4. The molecule has 0 aliphatic rings. The van der Waals surface area contributed by atoms with E-state index in [1.54, 1.807) is 6.07 Å². The molecular weight excluding hydrogens is 261 g/mol. The summed E-state index contributed by atoms with van der Waals surface area (Å²) >= 11 is 0. The van der Waals surface area contributed by atoms with Gasteiger partial charge in [-0.05, 0) is 26.0 Å². The molecule has 0 saturated heterocycles. The molecule has 1 heterocycles. The van der Waals surface area contributed by atoms with Crippen molar-refractivity contribution in [1.29, 1.82) is 0 Å². The van der Waals surface area contributed by atoms with Gasteiger partial charge in [-0.25, -0.2) is 9.78 Å². The molecule has 7 heteroatoms. The first kappa shape index (κ1) is 15.0. The Kier molecular flexibility index (Phi) is 4.91. The van der Waals surface area contributed by atoms with Crippen LogP contribution >= 0.6 is 0 Å². The SMILES string of the molecule is CCOC(=O)/C(C)=C(/Nc1ccccn1)C(F)(F)F. The molecule has 0 fully saturated rings. The van der Waals surface area contributed by atoms with Gasteiger partial charge in [0.2, 0.25) is 0 Å². The number of alkyl halides is 3. The number of esters is 1. The van der Waals surface area contributed by atoms with E-state index in [-0.39, 0.29) is 12.4 Å². The van der Waals surface area contributed by atoms with Gasteiger partial charge < -0.3 is 10.1 Å². The minimum absolute atomic E-state index is 0.00141. The number of rotatable bonds is 4. The zero-order valence-corrected chi connectivity index (χ0v) is 10.4. The monoisotopic (exact) mass is 274 g/mol. The van der Waals surface area contributed by atoms with E-state index in [1.807, 2.05) is 0 Å². The summed E-state index contributed by atoms with van der Waals surface area (Å²) in [5.41, 5.74) is -1.72. The second-order valence-electron chi connectivity index (χ2n) is 3.56. The lowest BCUT2D eigenvalue weighted by atomic mass is 10.2. The predicted octanol–water partition coefficient (Wildman–Crippen LogP) is 2.89. The van der Waals surface area contributed by atoms with Crippen molar-refractivity contribution in [2.45, 2.75) is 20.0 Å². The third-order valence-corrected chi connectivity index (χ3v) is 2.16. The molecule has 4 nitrogen and oxygen atoms in total. The summed E-state index contributed by atoms with van der Waals surface area (Å²) in [5.74, 6) is -1.02. The van der Waals surface area contributed by atoms with Gasteiger partial charge in [0.15, 0.2) is 0 Å². The third-order valence-electron chi connectivity index (χ3n) is 2.16. The van der Waals surface area contributed by atoms with E-state index in [4.69, 9.17) is 0 Å². The van der Waals surface area contributed by atoms with E-state index in [2.05, 4.69) is 15.0 Å². The van der Waals surface area contributed by atoms with E-state index in [0.29, 0.717) is 0 Å². The minimum atomic E-state index is -4.70. The van der Waals surface area contributed by atoms with Crippen molar-refractivity contribution in [3.8, 4) is 0 Å². The molecular formula is C12H13F3N2O2. The molecule has 1 N–H and O–H groups in total. The van der Waals surface area contributed by atoms with Crippen LogP contribution in [-0.2, 0) is 9.53 Å². The number of carbonyl (C=O) groups excluding carboxylic acids is 1. The molecule has 0 aliphatic carbocycles. The molecule has 0 radical (unpaired) electrons. The van der Waals surface area contributed by atoms with Crippen molar-refractivity contribution in [3.63, 3.8) is 0 Å². The Morgan fingerprint density at radius 1 is 1.42 bits per heavy atom. The number of nitrogens with zero attached hydrogens (tertiary/aromatic N) is 1. The molecule has 0 unspecified atom stereocenters. The van der Waals surface area contributed by atoms with Crippen LogP contribution in [0.5, 0.6) is 0 Å². The van der Waals surface area contributed by atoms with Gasteiger partial charge in [-0.1, -0.05) is 6.07 Å². The van der Waals surface area contributed by atoms with Gasteiger partial charge >= 0.3 is 12.1 Å². The molecule has 0 spiro atoms. The molecule has 0 atom stereocenters. The van der Waals surface area contributed by atoms with Gasteiger partial charge in [-0.3, -0.25) is 0 Å². The number of carbonyl (C=O) groups is 1. The molecule has 1 aromatic heterocycles. The predicted molar refractivity (Wildman–Crippen MR) is 63.2 cm³/mol. The number of hydrogen-bond donors (Lipinski definition) is 1. The quantitative estimate of drug-likeness (QED) is 0.677. The summed E-state index contributed by atoms with van der Waals surface area (Å²) in [6.07, 6.45) is -3.36. The van der Waals surface area contributed by atoms with Crippen LogP contribution in [0.4, 0.5) is 19.0 Å². The average Bonchev–Trinajstić information content (AvgIpc) is 2.35. The lowest BCUT2D eigenvalue weighted by Crippen LogP contribution is -2.24. The molecule has 104 valence electrons. The van der Waals surface area contributed by atoms with Crippen LogP contribution in [0.1, 0.15) is 13.8 Å². The Morgan fingerprint density at radius 2 is 2.11 bits per heavy atom. The standard InChI is InChI=1S/C12H13F3N2O2/c1-3-19-11(18)8(2)10(12(13,14)15)17-9-6-4-5-7-16-9/h4-7H,3H2,1-2H3,(H,16,17)/b10-8+. The summed E-state index contributed by atoms with van der Waals surface area (Å²) in [6, 6.07) is 4.47. The smallest absolute Gasteiger partial charge is 0.431 e. The summed E-state index contributed by atoms with van der Waals surface area (Å²) in [5, 5.41) is 2.10. The Morgan fingerprint density at radius 3 is 2.58 bits per heavy atom. The summed E-state index contributed by atoms with van der Waals surface area (Å²) in [4.78, 5) is 15.1. The summed E-state index contributed by atoms with van der Waals surface area (Å²) in [7, 11) is 0. The topological polar surface area (TPSA) is 51.2 Å². The maximum atomic E-state index is 12.9. The molecule has 0 aromatic carbocycles. The van der Waals surface area contributed by atoms with Gasteiger partial charge in [0, 0.05) is 6.20 Å². The van der Waals surface area contributed by atoms with E-state index in [1.165, 1.54) is 25.3 Å². The van der Waals surface area contributed by atoms with Crippen molar-refractivity contribution < 1.29 is 22.7 Å². The lowest BCUT2D eigenvalue weighted by molar-refractivity contribution is -0.139. The first-order valence-electron chi connectivity index (χ1n) is 5.49. The Labute approximate surface area is 108 Å². The first-order chi connectivity index (χ1) is 8.86. The third kappa shape index (κ3) is 4.27. The number of ether oxygens (including phenoxy) is 1. The highest BCUT2D eigenvalue weighted by Crippen LogP contribution is 2.29. The van der Waals surface area contributed by atoms with Crippen LogP contribution < -0.4 is 5.32 Å². The van der Waals surface area contributed by atoms with Crippen LogP contribution in [-0.4, -0.2) is 23.7 Å². The van der Waals surface area contributed by atoms with Crippen LogP contribution in [0, 0.1) is 0 Å². The molecule has 0 bridgehead atoms. The molecule has 1 rings (SSSR count). The minimum Gasteiger partial charge on any atom is -0.463 e. The van der Waals surface area contributed by atoms with Crippen molar-refractivity contribution in [1.82, 2.24) is 4.98 Å². The Bertz CT molecular complexity index is 470. The Hall–Kier alpha value is -2.05. The normalized spacial score (nSPS) is 12.7. The highest BCUT2D eigenvalue weighted by Gasteiger charge is 2.37. The van der Waals surface area contributed by atoms with Gasteiger partial charge in [0.1, 0.15) is 11.5 Å². The summed E-state index contributed by atoms with van der Waals surface area (Å²) in [6.45, 7) is 2.58. The largest absolute Gasteiger partial charge is 0.463 e. The van der Waals surface area contributed by atoms with Crippen LogP contribution in [0.15, 0.2) is 35.7 Å². The fraction of sp³-hybridized carbons (Fsp3) is 0.333. The molecule has 0 aliphatic heterocycles. The van der Waals surface area contributed by atoms with E-state index >= 15 is 0 Å². The molecule has 1 aromatic rings. The van der Waals surface area contributed by atoms with Crippen molar-refractivity contribution >= 4 is 11.8 Å². The van der Waals surface area contributed by atoms with E-state index in [0.717, 1.165) is 6.92 Å². The second kappa shape index (κ2) is 6.21. The number of hydrogen-bond acceptors (Lipinski definition) is 4. The molecule has 19 heavy (non-hydrogen) atoms. The van der Waals surface area contributed by atoms with Gasteiger partial charge in [0.25, 0.3) is 0 Å². The van der Waals surface area contributed by atoms with Crippen molar-refractivity contribution in [3.05, 3.63) is 35.7 Å². The Balaban J connectivity index is 3.09. The highest BCUT2D eigenvalue weighted by molar-refractivity contribution is 5.89. The van der Waals surface area contributed by atoms with E-state index in [9.17, 15) is 18.0 Å². The van der Waals surface area contributed by atoms with Crippen molar-refractivity contribution in [2.75, 3.05) is 11.9 Å². The number of pyridine rings is 1. The maximum absolute atomic E-state index is 12.9. The molecule has 0 amide bonds. The van der Waals surface area contributed by atoms with Gasteiger partial charge in [-0.15, -0.1) is 0 Å². The van der Waals surface area contributed by atoms with Crippen molar-refractivity contribution in [2.24, 2.45) is 0 Å². The molecule has 0 saturated carbocycles. The fourth-order valence-electron chi connectivity index (χ4n) is 1.28. The summed E-state index contributed by atoms with van der Waals surface area (Å²) < 4.78 is 43.3. The number of nitrogens with one attached hydrogen (secondary N) is 1. The van der Waals surface area contributed by atoms with Crippen LogP contribution in [0.25, 0.3) is 0 Å². The number of aromatic nitrogens is 1. The van der Waals surface area contributed by atoms with Gasteiger partial charge in [0.05, 0.1) is 12.2 Å². The number of anilines is 1. The van der Waals surface area contributed by atoms with Crippen LogP contribution in [0.2, 0.25) is 0 Å². The van der Waals surface area contributed by atoms with E-state index < -0.39 is 23.4 Å². The lowest BCUT2D eigenvalue weighted by Gasteiger charge is -2.16. The fourth-order valence-corrected chi connectivity index (χ4v) is 1.28. The van der Waals surface area contributed by atoms with Crippen LogP contribution in [0.3, 0.4) is 0 Å². The average molecular weight is 274 g/mol. The second-order valence-corrected chi connectivity index (χ2v) is 3.56. The van der Waals surface area contributed by atoms with Gasteiger partial charge in [-0.2, -0.15) is 13.2 Å². The number of allylic oxidation sites excluding steroid dienone is 1. The first-order valence-corrected chi connectivity index (χ1v) is 5.49. The zero-order chi connectivity index (χ0) is 14.5.